The minimum Gasteiger partial charge on any atom is -0.391 e. The number of hydroxylamine groups is 1. The van der Waals surface area contributed by atoms with Crippen molar-refractivity contribution in [3.8, 4) is 11.8 Å². The number of benzene rings is 2. The van der Waals surface area contributed by atoms with Gasteiger partial charge in [-0.1, -0.05) is 30.4 Å². The topological polar surface area (TPSA) is 111 Å². The summed E-state index contributed by atoms with van der Waals surface area (Å²) in [6.45, 7) is 2.24. The van der Waals surface area contributed by atoms with Gasteiger partial charge in [0.05, 0.1) is 6.10 Å². The molecule has 0 radical (unpaired) electrons. The van der Waals surface area contributed by atoms with Crippen LogP contribution in [0.3, 0.4) is 0 Å². The second-order valence-electron chi connectivity index (χ2n) is 9.35. The number of carbonyl (C=O) groups excluding carboxylic acids is 2. The quantitative estimate of drug-likeness (QED) is 0.247. The highest BCUT2D eigenvalue weighted by atomic mass is 16.5. The maximum Gasteiger partial charge on any atom is 0.268 e. The minimum atomic E-state index is -1.26. The van der Waals surface area contributed by atoms with Crippen LogP contribution in [0.15, 0.2) is 48.5 Å². The summed E-state index contributed by atoms with van der Waals surface area (Å²) in [6, 6.07) is 14.3. The summed E-state index contributed by atoms with van der Waals surface area (Å²) in [5, 5.41) is 24.5. The van der Waals surface area contributed by atoms with Crippen molar-refractivity contribution in [3.63, 3.8) is 0 Å². The molecule has 0 unspecified atom stereocenters. The number of amides is 2. The van der Waals surface area contributed by atoms with E-state index in [1.807, 2.05) is 12.1 Å². The number of fused-ring (bicyclic) bond motifs is 2. The molecule has 0 spiro atoms. The van der Waals surface area contributed by atoms with Crippen LogP contribution in [0.25, 0.3) is 0 Å². The molecule has 2 fully saturated rings. The van der Waals surface area contributed by atoms with Crippen molar-refractivity contribution < 1.29 is 19.9 Å². The van der Waals surface area contributed by atoms with E-state index in [2.05, 4.69) is 34.6 Å². The SMILES string of the molecule is C[C@@H](O)[C@H](NC(=O)c1ccc(C#Cc2ccc(CN[C@@H]3C[C@H]4CC[C@@H]3C4)cc2)cc1)C(=O)NO. The lowest BCUT2D eigenvalue weighted by Gasteiger charge is -2.23. The summed E-state index contributed by atoms with van der Waals surface area (Å²) in [5.74, 6) is 6.62. The fourth-order valence-corrected chi connectivity index (χ4v) is 5.00. The van der Waals surface area contributed by atoms with Gasteiger partial charge in [-0.05, 0) is 80.0 Å². The second-order valence-corrected chi connectivity index (χ2v) is 9.35. The summed E-state index contributed by atoms with van der Waals surface area (Å²) < 4.78 is 0. The van der Waals surface area contributed by atoms with Crippen LogP contribution in [0.4, 0.5) is 0 Å². The summed E-state index contributed by atoms with van der Waals surface area (Å²) >= 11 is 0. The number of hydrogen-bond acceptors (Lipinski definition) is 5. The van der Waals surface area contributed by atoms with Crippen LogP contribution in [0.2, 0.25) is 0 Å². The molecule has 0 aromatic heterocycles. The second kappa shape index (κ2) is 10.8. The highest BCUT2D eigenvalue weighted by Crippen LogP contribution is 2.44. The Hall–Kier alpha value is -3.18. The van der Waals surface area contributed by atoms with Gasteiger partial charge in [0.15, 0.2) is 0 Å². The van der Waals surface area contributed by atoms with Gasteiger partial charge in [0, 0.05) is 29.3 Å². The van der Waals surface area contributed by atoms with E-state index in [9.17, 15) is 14.7 Å². The Morgan fingerprint density at radius 2 is 1.65 bits per heavy atom. The van der Waals surface area contributed by atoms with Crippen molar-refractivity contribution in [3.05, 3.63) is 70.8 Å². The number of hydrogen-bond donors (Lipinski definition) is 5. The third-order valence-electron chi connectivity index (χ3n) is 6.92. The summed E-state index contributed by atoms with van der Waals surface area (Å²) in [7, 11) is 0. The Labute approximate surface area is 199 Å². The largest absolute Gasteiger partial charge is 0.391 e. The predicted octanol–water partition coefficient (Wildman–Crippen LogP) is 2.35. The Bertz CT molecular complexity index is 1070. The van der Waals surface area contributed by atoms with E-state index in [4.69, 9.17) is 5.21 Å². The van der Waals surface area contributed by atoms with E-state index in [0.717, 1.165) is 29.5 Å². The van der Waals surface area contributed by atoms with Gasteiger partial charge < -0.3 is 15.7 Å². The number of aliphatic hydroxyl groups excluding tert-OH is 1. The molecule has 5 atom stereocenters. The zero-order chi connectivity index (χ0) is 24.1. The smallest absolute Gasteiger partial charge is 0.268 e. The van der Waals surface area contributed by atoms with E-state index < -0.39 is 24.0 Å². The van der Waals surface area contributed by atoms with Crippen molar-refractivity contribution in [1.82, 2.24) is 16.1 Å². The minimum absolute atomic E-state index is 0.314. The van der Waals surface area contributed by atoms with E-state index in [1.165, 1.54) is 43.7 Å². The first-order chi connectivity index (χ1) is 16.4. The molecular formula is C27H31N3O4. The van der Waals surface area contributed by atoms with Gasteiger partial charge in [0.2, 0.25) is 0 Å². The highest BCUT2D eigenvalue weighted by molar-refractivity contribution is 5.97. The van der Waals surface area contributed by atoms with Crippen LogP contribution < -0.4 is 16.1 Å². The maximum absolute atomic E-state index is 12.4. The standard InChI is InChI=1S/C27H31N3O4/c1-17(31)25(27(33)30-34)29-26(32)22-11-8-19(9-12-22)3-2-18-4-6-20(7-5-18)16-28-24-15-21-10-13-23(24)14-21/h4-9,11-12,17,21,23-25,28,31,34H,10,13-16H2,1H3,(H,29,32)(H,30,33)/t17-,21+,23-,24-,25+/m1/s1. The van der Waals surface area contributed by atoms with Crippen molar-refractivity contribution in [2.75, 3.05) is 0 Å². The Kier molecular flexibility index (Phi) is 7.63. The van der Waals surface area contributed by atoms with Gasteiger partial charge in [-0.2, -0.15) is 0 Å². The van der Waals surface area contributed by atoms with Gasteiger partial charge >= 0.3 is 0 Å². The zero-order valence-electron chi connectivity index (χ0n) is 19.3. The normalized spacial score (nSPS) is 22.4. The number of carbonyl (C=O) groups is 2. The molecule has 2 amide bonds. The molecule has 0 heterocycles. The molecule has 34 heavy (non-hydrogen) atoms. The monoisotopic (exact) mass is 461 g/mol. The average Bonchev–Trinajstić information content (AvgIpc) is 3.48. The van der Waals surface area contributed by atoms with E-state index in [-0.39, 0.29) is 0 Å². The number of rotatable bonds is 7. The molecule has 5 N–H and O–H groups in total. The third-order valence-corrected chi connectivity index (χ3v) is 6.92. The lowest BCUT2D eigenvalue weighted by Crippen LogP contribution is -2.51. The van der Waals surface area contributed by atoms with Crippen LogP contribution in [0.1, 0.15) is 59.7 Å². The van der Waals surface area contributed by atoms with Crippen molar-refractivity contribution in [2.24, 2.45) is 11.8 Å². The lowest BCUT2D eigenvalue weighted by molar-refractivity contribution is -0.133. The molecule has 2 aromatic carbocycles. The molecule has 2 bridgehead atoms. The van der Waals surface area contributed by atoms with E-state index in [0.29, 0.717) is 11.6 Å². The van der Waals surface area contributed by atoms with Crippen LogP contribution in [-0.2, 0) is 11.3 Å². The predicted molar refractivity (Wildman–Crippen MR) is 128 cm³/mol. The van der Waals surface area contributed by atoms with Crippen LogP contribution in [0, 0.1) is 23.7 Å². The molecule has 2 saturated carbocycles. The van der Waals surface area contributed by atoms with Gasteiger partial charge in [0.1, 0.15) is 6.04 Å². The molecule has 4 rings (SSSR count). The molecule has 2 aromatic rings. The van der Waals surface area contributed by atoms with Crippen LogP contribution in [0.5, 0.6) is 0 Å². The highest BCUT2D eigenvalue weighted by Gasteiger charge is 2.38. The molecule has 2 aliphatic carbocycles. The Morgan fingerprint density at radius 3 is 2.18 bits per heavy atom. The van der Waals surface area contributed by atoms with Crippen molar-refractivity contribution >= 4 is 11.8 Å². The molecular weight excluding hydrogens is 430 g/mol. The molecule has 2 aliphatic rings. The molecule has 0 aliphatic heterocycles. The van der Waals surface area contributed by atoms with E-state index in [1.54, 1.807) is 24.3 Å². The first-order valence-electron chi connectivity index (χ1n) is 11.8. The first kappa shape index (κ1) is 24.0. The lowest BCUT2D eigenvalue weighted by atomic mass is 9.95. The number of aliphatic hydroxyl groups is 1. The maximum atomic E-state index is 12.4. The third kappa shape index (κ3) is 5.84. The molecule has 7 heteroatoms. The van der Waals surface area contributed by atoms with E-state index >= 15 is 0 Å². The Balaban J connectivity index is 1.30. The molecule has 7 nitrogen and oxygen atoms in total. The zero-order valence-corrected chi connectivity index (χ0v) is 19.3. The average molecular weight is 462 g/mol. The van der Waals surface area contributed by atoms with Crippen molar-refractivity contribution in [2.45, 2.75) is 57.3 Å². The van der Waals surface area contributed by atoms with Gasteiger partial charge in [-0.3, -0.25) is 14.8 Å². The van der Waals surface area contributed by atoms with Gasteiger partial charge in [0.25, 0.3) is 11.8 Å². The summed E-state index contributed by atoms with van der Waals surface area (Å²) in [5.41, 5.74) is 4.68. The number of nitrogens with one attached hydrogen (secondary N) is 3. The Morgan fingerprint density at radius 1 is 1.00 bits per heavy atom. The molecule has 0 saturated heterocycles. The van der Waals surface area contributed by atoms with Crippen LogP contribution >= 0.6 is 0 Å². The van der Waals surface area contributed by atoms with Gasteiger partial charge in [-0.15, -0.1) is 0 Å². The van der Waals surface area contributed by atoms with Crippen molar-refractivity contribution in [1.29, 1.82) is 0 Å². The fraction of sp³-hybridized carbons (Fsp3) is 0.407. The summed E-state index contributed by atoms with van der Waals surface area (Å²) in [4.78, 5) is 23.9. The summed E-state index contributed by atoms with van der Waals surface area (Å²) in [6.07, 6.45) is 4.36. The first-order valence-corrected chi connectivity index (χ1v) is 11.8. The van der Waals surface area contributed by atoms with Gasteiger partial charge in [-0.25, -0.2) is 5.48 Å². The van der Waals surface area contributed by atoms with Crippen LogP contribution in [-0.4, -0.2) is 40.3 Å². The fourth-order valence-electron chi connectivity index (χ4n) is 5.00. The molecule has 178 valence electrons.